The standard InChI is InChI=1S/C4H8O.CH3NO2/c1-2-4-3-5-4;1-2(3)4/h4H,2-3H2,1H3;1H3. The third-order valence-electron chi connectivity index (χ3n) is 0.858. The molecule has 1 rings (SSSR count). The van der Waals surface area contributed by atoms with Crippen molar-refractivity contribution in [3.8, 4) is 0 Å². The molecule has 1 fully saturated rings. The number of epoxide rings is 1. The molecule has 1 saturated heterocycles. The minimum atomic E-state index is -0.500. The Morgan fingerprint density at radius 1 is 1.89 bits per heavy atom. The van der Waals surface area contributed by atoms with Crippen LogP contribution in [0.15, 0.2) is 0 Å². The number of rotatable bonds is 1. The molecule has 0 spiro atoms. The van der Waals surface area contributed by atoms with Gasteiger partial charge in [-0.3, -0.25) is 10.1 Å². The van der Waals surface area contributed by atoms with Crippen molar-refractivity contribution in [2.75, 3.05) is 13.7 Å². The van der Waals surface area contributed by atoms with E-state index >= 15 is 0 Å². The van der Waals surface area contributed by atoms with Crippen LogP contribution >= 0.6 is 0 Å². The van der Waals surface area contributed by atoms with E-state index < -0.39 is 4.92 Å². The van der Waals surface area contributed by atoms with Gasteiger partial charge in [-0.1, -0.05) is 6.92 Å². The van der Waals surface area contributed by atoms with E-state index in [9.17, 15) is 0 Å². The van der Waals surface area contributed by atoms with Crippen LogP contribution < -0.4 is 0 Å². The molecule has 0 aromatic carbocycles. The first kappa shape index (κ1) is 8.36. The van der Waals surface area contributed by atoms with Crippen LogP contribution in [0.25, 0.3) is 0 Å². The molecule has 0 bridgehead atoms. The molecule has 9 heavy (non-hydrogen) atoms. The van der Waals surface area contributed by atoms with Crippen LogP contribution in [-0.4, -0.2) is 24.7 Å². The van der Waals surface area contributed by atoms with Crippen LogP contribution in [0.5, 0.6) is 0 Å². The summed E-state index contributed by atoms with van der Waals surface area (Å²) >= 11 is 0. The van der Waals surface area contributed by atoms with Gasteiger partial charge in [0.05, 0.1) is 12.7 Å². The molecule has 0 aliphatic carbocycles. The predicted octanol–water partition coefficient (Wildman–Crippen LogP) is 0.688. The minimum Gasteiger partial charge on any atom is -0.373 e. The molecule has 0 amide bonds. The summed E-state index contributed by atoms with van der Waals surface area (Å²) in [6, 6.07) is 0. The number of nitro groups is 1. The maximum absolute atomic E-state index is 8.81. The second kappa shape index (κ2) is 4.26. The molecule has 0 N–H and O–H groups in total. The number of nitrogens with zero attached hydrogens (tertiary/aromatic N) is 1. The molecule has 1 aliphatic rings. The lowest BCUT2D eigenvalue weighted by Gasteiger charge is -1.69. The van der Waals surface area contributed by atoms with E-state index in [1.165, 1.54) is 6.42 Å². The lowest BCUT2D eigenvalue weighted by atomic mass is 10.4. The fourth-order valence-electron chi connectivity index (χ4n) is 0.304. The number of hydrogen-bond donors (Lipinski definition) is 0. The molecule has 0 radical (unpaired) electrons. The second-order valence-corrected chi connectivity index (χ2v) is 1.80. The lowest BCUT2D eigenvalue weighted by molar-refractivity contribution is -0.445. The predicted molar refractivity (Wildman–Crippen MR) is 32.9 cm³/mol. The van der Waals surface area contributed by atoms with Crippen molar-refractivity contribution < 1.29 is 9.66 Å². The van der Waals surface area contributed by atoms with Gasteiger partial charge < -0.3 is 4.74 Å². The van der Waals surface area contributed by atoms with Crippen molar-refractivity contribution in [1.82, 2.24) is 0 Å². The van der Waals surface area contributed by atoms with Gasteiger partial charge in [0.15, 0.2) is 7.05 Å². The fourth-order valence-corrected chi connectivity index (χ4v) is 0.304. The Morgan fingerprint density at radius 2 is 2.22 bits per heavy atom. The first-order chi connectivity index (χ1) is 4.16. The van der Waals surface area contributed by atoms with Gasteiger partial charge in [0, 0.05) is 4.92 Å². The van der Waals surface area contributed by atoms with E-state index in [1.807, 2.05) is 0 Å². The maximum atomic E-state index is 8.81. The van der Waals surface area contributed by atoms with Crippen molar-refractivity contribution in [2.24, 2.45) is 0 Å². The smallest absolute Gasteiger partial charge is 0.194 e. The van der Waals surface area contributed by atoms with E-state index in [0.29, 0.717) is 6.10 Å². The summed E-state index contributed by atoms with van der Waals surface area (Å²) in [7, 11) is 0.889. The largest absolute Gasteiger partial charge is 0.373 e. The molecular formula is C5H11NO3. The fraction of sp³-hybridized carbons (Fsp3) is 1.00. The van der Waals surface area contributed by atoms with Crippen LogP contribution in [0, 0.1) is 10.1 Å². The third kappa shape index (κ3) is 11.1. The molecule has 1 atom stereocenters. The maximum Gasteiger partial charge on any atom is 0.194 e. The van der Waals surface area contributed by atoms with Crippen LogP contribution in [0.3, 0.4) is 0 Å². The highest BCUT2D eigenvalue weighted by molar-refractivity contribution is 4.64. The Hall–Kier alpha value is -0.640. The SMILES string of the molecule is CCC1CO1.C[N+](=O)[O-]. The zero-order valence-electron chi connectivity index (χ0n) is 5.66. The Kier molecular flexibility index (Phi) is 3.96. The Balaban J connectivity index is 0.000000148. The van der Waals surface area contributed by atoms with Crippen molar-refractivity contribution in [3.63, 3.8) is 0 Å². The molecule has 0 aromatic rings. The van der Waals surface area contributed by atoms with Gasteiger partial charge in [-0.2, -0.15) is 0 Å². The molecule has 1 heterocycles. The van der Waals surface area contributed by atoms with Gasteiger partial charge in [0.1, 0.15) is 0 Å². The van der Waals surface area contributed by atoms with Crippen molar-refractivity contribution >= 4 is 0 Å². The summed E-state index contributed by atoms with van der Waals surface area (Å²) in [4.78, 5) is 8.31. The average molecular weight is 133 g/mol. The van der Waals surface area contributed by atoms with E-state index in [0.717, 1.165) is 13.7 Å². The second-order valence-electron chi connectivity index (χ2n) is 1.80. The summed E-state index contributed by atoms with van der Waals surface area (Å²) in [5.74, 6) is 0. The number of hydrogen-bond acceptors (Lipinski definition) is 3. The summed E-state index contributed by atoms with van der Waals surface area (Å²) in [6.07, 6.45) is 1.83. The van der Waals surface area contributed by atoms with Crippen LogP contribution in [0.1, 0.15) is 13.3 Å². The highest BCUT2D eigenvalue weighted by Gasteiger charge is 2.18. The van der Waals surface area contributed by atoms with Crippen molar-refractivity contribution in [2.45, 2.75) is 19.4 Å². The molecule has 54 valence electrons. The molecule has 1 aliphatic heterocycles. The van der Waals surface area contributed by atoms with E-state index in [2.05, 4.69) is 6.92 Å². The summed E-state index contributed by atoms with van der Waals surface area (Å²) in [6.45, 7) is 3.15. The summed E-state index contributed by atoms with van der Waals surface area (Å²) in [5, 5.41) is 8.81. The van der Waals surface area contributed by atoms with Gasteiger partial charge in [-0.25, -0.2) is 0 Å². The molecule has 1 unspecified atom stereocenters. The molecule has 0 saturated carbocycles. The van der Waals surface area contributed by atoms with Gasteiger partial charge in [0.2, 0.25) is 0 Å². The minimum absolute atomic E-state index is 0.500. The van der Waals surface area contributed by atoms with Crippen molar-refractivity contribution in [3.05, 3.63) is 10.1 Å². The monoisotopic (exact) mass is 133 g/mol. The van der Waals surface area contributed by atoms with Crippen LogP contribution in [0.4, 0.5) is 0 Å². The van der Waals surface area contributed by atoms with Gasteiger partial charge >= 0.3 is 0 Å². The van der Waals surface area contributed by atoms with Gasteiger partial charge in [-0.05, 0) is 6.42 Å². The highest BCUT2D eigenvalue weighted by atomic mass is 16.6. The zero-order valence-corrected chi connectivity index (χ0v) is 5.66. The lowest BCUT2D eigenvalue weighted by Crippen LogP contribution is -1.79. The molecule has 4 nitrogen and oxygen atoms in total. The van der Waals surface area contributed by atoms with Gasteiger partial charge in [0.25, 0.3) is 0 Å². The Morgan fingerprint density at radius 3 is 2.22 bits per heavy atom. The number of ether oxygens (including phenoxy) is 1. The summed E-state index contributed by atoms with van der Waals surface area (Å²) in [5.41, 5.74) is 0. The van der Waals surface area contributed by atoms with E-state index in [1.54, 1.807) is 0 Å². The first-order valence-corrected chi connectivity index (χ1v) is 2.86. The third-order valence-corrected chi connectivity index (χ3v) is 0.858. The highest BCUT2D eigenvalue weighted by Crippen LogP contribution is 2.10. The van der Waals surface area contributed by atoms with Crippen LogP contribution in [0.2, 0.25) is 0 Å². The van der Waals surface area contributed by atoms with Crippen LogP contribution in [-0.2, 0) is 4.74 Å². The molecule has 4 heteroatoms. The topological polar surface area (TPSA) is 55.7 Å². The average Bonchev–Trinajstić information content (AvgIpc) is 2.43. The quantitative estimate of drug-likeness (QED) is 0.300. The Labute approximate surface area is 54.0 Å². The summed E-state index contributed by atoms with van der Waals surface area (Å²) < 4.78 is 4.86. The first-order valence-electron chi connectivity index (χ1n) is 2.86. The molecule has 0 aromatic heterocycles. The molecular weight excluding hydrogens is 122 g/mol. The van der Waals surface area contributed by atoms with Gasteiger partial charge in [-0.15, -0.1) is 0 Å². The Bertz CT molecular complexity index is 86.2. The zero-order chi connectivity index (χ0) is 7.28. The van der Waals surface area contributed by atoms with Crippen molar-refractivity contribution in [1.29, 1.82) is 0 Å². The normalized spacial score (nSPS) is 21.8. The van der Waals surface area contributed by atoms with E-state index in [4.69, 9.17) is 14.9 Å². The van der Waals surface area contributed by atoms with E-state index in [-0.39, 0.29) is 0 Å².